The molecule has 5 nitrogen and oxygen atoms in total. The molecule has 3 rings (SSSR count). The number of rotatable bonds is 3. The highest BCUT2D eigenvalue weighted by molar-refractivity contribution is 6.30. The zero-order chi connectivity index (χ0) is 15.0. The maximum atomic E-state index is 11.0. The first-order chi connectivity index (χ1) is 10.1. The Morgan fingerprint density at radius 1 is 1.29 bits per heavy atom. The highest BCUT2D eigenvalue weighted by atomic mass is 35.5. The molecule has 0 bridgehead atoms. The fraction of sp³-hybridized carbons (Fsp3) is 0.133. The summed E-state index contributed by atoms with van der Waals surface area (Å²) in [4.78, 5) is 14.9. The Balaban J connectivity index is 2.19. The minimum absolute atomic E-state index is 0.0234. The molecule has 21 heavy (non-hydrogen) atoms. The molecule has 0 aliphatic rings. The normalized spacial score (nSPS) is 11.0. The SMILES string of the molecule is CCc1cc([N+](=O)[O-])cc2nc(-c3ccc(Cl)cc3)oc12. The summed E-state index contributed by atoms with van der Waals surface area (Å²) in [6.07, 6.45) is 0.632. The van der Waals surface area contributed by atoms with Crippen LogP contribution in [0.15, 0.2) is 40.8 Å². The second-order valence-corrected chi connectivity index (χ2v) is 5.03. The Kier molecular flexibility index (Phi) is 3.35. The van der Waals surface area contributed by atoms with Crippen molar-refractivity contribution in [3.05, 3.63) is 57.1 Å². The lowest BCUT2D eigenvalue weighted by molar-refractivity contribution is -0.384. The van der Waals surface area contributed by atoms with Gasteiger partial charge in [-0.15, -0.1) is 0 Å². The van der Waals surface area contributed by atoms with Crippen molar-refractivity contribution in [3.8, 4) is 11.5 Å². The summed E-state index contributed by atoms with van der Waals surface area (Å²) < 4.78 is 5.77. The van der Waals surface area contributed by atoms with Crippen LogP contribution in [0, 0.1) is 10.1 Å². The second kappa shape index (κ2) is 5.18. The van der Waals surface area contributed by atoms with Gasteiger partial charge in [0, 0.05) is 28.3 Å². The first kappa shape index (κ1) is 13.6. The van der Waals surface area contributed by atoms with Crippen LogP contribution in [0.1, 0.15) is 12.5 Å². The molecule has 0 spiro atoms. The molecule has 0 amide bonds. The van der Waals surface area contributed by atoms with Crippen LogP contribution in [0.4, 0.5) is 5.69 Å². The van der Waals surface area contributed by atoms with Crippen molar-refractivity contribution in [1.82, 2.24) is 4.98 Å². The van der Waals surface area contributed by atoms with Gasteiger partial charge in [0.2, 0.25) is 5.89 Å². The number of oxazole rings is 1. The van der Waals surface area contributed by atoms with Gasteiger partial charge in [-0.1, -0.05) is 18.5 Å². The molecule has 0 atom stereocenters. The first-order valence-corrected chi connectivity index (χ1v) is 6.80. The van der Waals surface area contributed by atoms with Gasteiger partial charge in [-0.2, -0.15) is 0 Å². The van der Waals surface area contributed by atoms with Gasteiger partial charge in [-0.05, 0) is 30.7 Å². The number of nitrogens with zero attached hydrogens (tertiary/aromatic N) is 2. The number of hydrogen-bond donors (Lipinski definition) is 0. The van der Waals surface area contributed by atoms with Gasteiger partial charge in [-0.25, -0.2) is 4.98 Å². The number of aryl methyl sites for hydroxylation is 1. The minimum Gasteiger partial charge on any atom is -0.436 e. The summed E-state index contributed by atoms with van der Waals surface area (Å²) in [5.74, 6) is 0.428. The maximum absolute atomic E-state index is 11.0. The molecule has 106 valence electrons. The lowest BCUT2D eigenvalue weighted by Crippen LogP contribution is -1.90. The molecule has 0 aliphatic carbocycles. The standard InChI is InChI=1S/C15H11ClN2O3/c1-2-9-7-12(18(19)20)8-13-14(9)21-15(17-13)10-3-5-11(16)6-4-10/h3-8H,2H2,1H3. The summed E-state index contributed by atoms with van der Waals surface area (Å²) in [7, 11) is 0. The predicted octanol–water partition coefficient (Wildman–Crippen LogP) is 4.62. The van der Waals surface area contributed by atoms with Crippen LogP contribution >= 0.6 is 11.6 Å². The van der Waals surface area contributed by atoms with Crippen LogP contribution in [0.3, 0.4) is 0 Å². The van der Waals surface area contributed by atoms with E-state index in [1.54, 1.807) is 24.3 Å². The Hall–Kier alpha value is -2.40. The lowest BCUT2D eigenvalue weighted by Gasteiger charge is -1.97. The van der Waals surface area contributed by atoms with Crippen molar-refractivity contribution < 1.29 is 9.34 Å². The average molecular weight is 303 g/mol. The Bertz CT molecular complexity index is 825. The third-order valence-electron chi connectivity index (χ3n) is 3.23. The molecule has 0 radical (unpaired) electrons. The van der Waals surface area contributed by atoms with Crippen LogP contribution in [-0.2, 0) is 6.42 Å². The van der Waals surface area contributed by atoms with Crippen LogP contribution in [0.2, 0.25) is 5.02 Å². The third kappa shape index (κ3) is 2.48. The van der Waals surface area contributed by atoms with Crippen molar-refractivity contribution in [3.63, 3.8) is 0 Å². The first-order valence-electron chi connectivity index (χ1n) is 6.42. The molecule has 1 heterocycles. The number of halogens is 1. The molecule has 1 aromatic heterocycles. The Morgan fingerprint density at radius 2 is 2.00 bits per heavy atom. The van der Waals surface area contributed by atoms with Gasteiger partial charge >= 0.3 is 0 Å². The summed E-state index contributed by atoms with van der Waals surface area (Å²) >= 11 is 5.86. The molecule has 3 aromatic rings. The fourth-order valence-corrected chi connectivity index (χ4v) is 2.30. The van der Waals surface area contributed by atoms with Gasteiger partial charge in [0.15, 0.2) is 5.58 Å². The highest BCUT2D eigenvalue weighted by Crippen LogP contribution is 2.30. The third-order valence-corrected chi connectivity index (χ3v) is 3.49. The number of benzene rings is 2. The van der Waals surface area contributed by atoms with E-state index in [9.17, 15) is 10.1 Å². The van der Waals surface area contributed by atoms with Gasteiger partial charge in [0.25, 0.3) is 5.69 Å². The van der Waals surface area contributed by atoms with Crippen molar-refractivity contribution in [2.75, 3.05) is 0 Å². The number of fused-ring (bicyclic) bond motifs is 1. The summed E-state index contributed by atoms with van der Waals surface area (Å²) in [5.41, 5.74) is 2.65. The van der Waals surface area contributed by atoms with E-state index in [1.807, 2.05) is 6.92 Å². The van der Waals surface area contributed by atoms with E-state index in [1.165, 1.54) is 12.1 Å². The quantitative estimate of drug-likeness (QED) is 0.523. The predicted molar refractivity (Wildman–Crippen MR) is 80.5 cm³/mol. The van der Waals surface area contributed by atoms with E-state index in [0.29, 0.717) is 28.4 Å². The number of nitro groups is 1. The molecule has 0 unspecified atom stereocenters. The van der Waals surface area contributed by atoms with Gasteiger partial charge in [0.05, 0.1) is 4.92 Å². The molecule has 0 aliphatic heterocycles. The molecule has 0 fully saturated rings. The van der Waals surface area contributed by atoms with E-state index in [-0.39, 0.29) is 5.69 Å². The largest absolute Gasteiger partial charge is 0.436 e. The topological polar surface area (TPSA) is 69.2 Å². The Labute approximate surface area is 125 Å². The summed E-state index contributed by atoms with van der Waals surface area (Å²) in [6, 6.07) is 10.0. The highest BCUT2D eigenvalue weighted by Gasteiger charge is 2.16. The number of nitro benzene ring substituents is 1. The maximum Gasteiger partial charge on any atom is 0.272 e. The van der Waals surface area contributed by atoms with E-state index in [2.05, 4.69) is 4.98 Å². The molecular weight excluding hydrogens is 292 g/mol. The molecule has 2 aromatic carbocycles. The van der Waals surface area contributed by atoms with Crippen molar-refractivity contribution >= 4 is 28.4 Å². The van der Waals surface area contributed by atoms with Crippen LogP contribution < -0.4 is 0 Å². The van der Waals surface area contributed by atoms with Crippen molar-refractivity contribution in [2.45, 2.75) is 13.3 Å². The second-order valence-electron chi connectivity index (χ2n) is 4.59. The van der Waals surface area contributed by atoms with Crippen LogP contribution in [-0.4, -0.2) is 9.91 Å². The smallest absolute Gasteiger partial charge is 0.272 e. The monoisotopic (exact) mass is 302 g/mol. The van der Waals surface area contributed by atoms with E-state index in [0.717, 1.165) is 11.1 Å². The van der Waals surface area contributed by atoms with Gasteiger partial charge < -0.3 is 4.42 Å². The average Bonchev–Trinajstić information content (AvgIpc) is 2.90. The van der Waals surface area contributed by atoms with E-state index in [4.69, 9.17) is 16.0 Å². The van der Waals surface area contributed by atoms with Crippen molar-refractivity contribution in [1.29, 1.82) is 0 Å². The number of non-ortho nitro benzene ring substituents is 1. The number of hydrogen-bond acceptors (Lipinski definition) is 4. The minimum atomic E-state index is -0.421. The lowest BCUT2D eigenvalue weighted by atomic mass is 10.1. The molecular formula is C15H11ClN2O3. The molecule has 0 saturated carbocycles. The number of aromatic nitrogens is 1. The van der Waals surface area contributed by atoms with Crippen molar-refractivity contribution in [2.24, 2.45) is 0 Å². The van der Waals surface area contributed by atoms with Gasteiger partial charge in [-0.3, -0.25) is 10.1 Å². The zero-order valence-corrected chi connectivity index (χ0v) is 11.9. The Morgan fingerprint density at radius 3 is 2.62 bits per heavy atom. The van der Waals surface area contributed by atoms with E-state index >= 15 is 0 Å². The van der Waals surface area contributed by atoms with Crippen LogP contribution in [0.25, 0.3) is 22.6 Å². The molecule has 0 saturated heterocycles. The van der Waals surface area contributed by atoms with Crippen LogP contribution in [0.5, 0.6) is 0 Å². The van der Waals surface area contributed by atoms with Gasteiger partial charge in [0.1, 0.15) is 5.52 Å². The zero-order valence-electron chi connectivity index (χ0n) is 11.2. The summed E-state index contributed by atoms with van der Waals surface area (Å²) in [6.45, 7) is 1.92. The molecule has 6 heteroatoms. The van der Waals surface area contributed by atoms with E-state index < -0.39 is 4.92 Å². The summed E-state index contributed by atoms with van der Waals surface area (Å²) in [5, 5.41) is 11.6. The fourth-order valence-electron chi connectivity index (χ4n) is 2.17. The molecule has 0 N–H and O–H groups in total.